The lowest BCUT2D eigenvalue weighted by atomic mass is 10.7. The number of hydrogen-bond donors (Lipinski definition) is 0. The molecular weight excluding hydrogens is 337 g/mol. The van der Waals surface area contributed by atoms with Crippen molar-refractivity contribution in [1.82, 2.24) is 4.57 Å². The van der Waals surface area contributed by atoms with E-state index in [1.165, 1.54) is 27.9 Å². The highest BCUT2D eigenvalue weighted by molar-refractivity contribution is 8.12. The maximum Gasteiger partial charge on any atom is 0.480 e. The summed E-state index contributed by atoms with van der Waals surface area (Å²) in [6, 6.07) is 1.83. The van der Waals surface area contributed by atoms with Crippen molar-refractivity contribution in [2.75, 3.05) is 5.75 Å². The van der Waals surface area contributed by atoms with Gasteiger partial charge in [-0.1, -0.05) is 0 Å². The molecule has 21 heavy (non-hydrogen) atoms. The summed E-state index contributed by atoms with van der Waals surface area (Å²) in [4.78, 5) is 0. The van der Waals surface area contributed by atoms with Gasteiger partial charge in [-0.3, -0.25) is 0 Å². The van der Waals surface area contributed by atoms with Crippen molar-refractivity contribution in [3.05, 3.63) is 22.8 Å². The Hall–Kier alpha value is -1.65. The van der Waals surface area contributed by atoms with Gasteiger partial charge in [0, 0.05) is 0 Å². The van der Waals surface area contributed by atoms with Crippen LogP contribution >= 0.6 is 0 Å². The normalized spacial score (nSPS) is 13.0. The van der Waals surface area contributed by atoms with Crippen LogP contribution < -0.4 is 4.57 Å². The summed E-state index contributed by atoms with van der Waals surface area (Å²) < 4.78 is 84.5. The SMILES string of the molecule is N#CCn1cc[n+](CCS(=O)(=O)[N-]S(=O)(=O)C(F)(F)F)c1. The number of rotatable bonds is 6. The Labute approximate surface area is 118 Å². The van der Waals surface area contributed by atoms with Gasteiger partial charge in [-0.25, -0.2) is 26.0 Å². The van der Waals surface area contributed by atoms with Crippen molar-refractivity contribution in [1.29, 1.82) is 5.26 Å². The number of halogens is 3. The molecule has 1 rings (SSSR count). The number of aryl methyl sites for hydroxylation is 1. The molecule has 0 fully saturated rings. The van der Waals surface area contributed by atoms with Crippen molar-refractivity contribution in [3.8, 4) is 6.07 Å². The van der Waals surface area contributed by atoms with Crippen LogP contribution in [0.2, 0.25) is 0 Å². The van der Waals surface area contributed by atoms with E-state index in [4.69, 9.17) is 5.26 Å². The van der Waals surface area contributed by atoms with Crippen molar-refractivity contribution in [2.24, 2.45) is 0 Å². The number of sulfonamides is 2. The fraction of sp³-hybridized carbons (Fsp3) is 0.500. The zero-order valence-electron chi connectivity index (χ0n) is 10.2. The molecule has 0 aliphatic heterocycles. The second-order valence-corrected chi connectivity index (χ2v) is 7.34. The van der Waals surface area contributed by atoms with Crippen LogP contribution in [0.3, 0.4) is 0 Å². The largest absolute Gasteiger partial charge is 0.480 e. The van der Waals surface area contributed by atoms with E-state index in [2.05, 4.69) is 0 Å². The van der Waals surface area contributed by atoms with Gasteiger partial charge in [-0.2, -0.15) is 18.4 Å². The minimum atomic E-state index is -6.08. The Morgan fingerprint density at radius 1 is 1.29 bits per heavy atom. The van der Waals surface area contributed by atoms with Gasteiger partial charge in [0.2, 0.25) is 6.33 Å². The van der Waals surface area contributed by atoms with Crippen LogP contribution in [0, 0.1) is 11.3 Å². The smallest absolute Gasteiger partial charge is 0.428 e. The van der Waals surface area contributed by atoms with Crippen molar-refractivity contribution < 1.29 is 34.6 Å². The summed E-state index contributed by atoms with van der Waals surface area (Å²) >= 11 is 0. The third kappa shape index (κ3) is 4.99. The molecule has 0 aromatic carbocycles. The number of nitriles is 1. The van der Waals surface area contributed by atoms with Gasteiger partial charge in [-0.05, 0) is 0 Å². The number of imidazole rings is 1. The monoisotopic (exact) mass is 346 g/mol. The lowest BCUT2D eigenvalue weighted by Gasteiger charge is -2.21. The first-order valence-electron chi connectivity index (χ1n) is 5.17. The lowest BCUT2D eigenvalue weighted by molar-refractivity contribution is -0.692. The third-order valence-electron chi connectivity index (χ3n) is 2.11. The highest BCUT2D eigenvalue weighted by atomic mass is 32.3. The van der Waals surface area contributed by atoms with Crippen molar-refractivity contribution >= 4 is 20.0 Å². The Morgan fingerprint density at radius 3 is 2.43 bits per heavy atom. The first-order chi connectivity index (χ1) is 9.47. The standard InChI is InChI=1S/C8H9F3N4O4S2/c9-8(10,11)21(18,19)13-20(16,17)6-5-15-4-3-14(7-15)2-1-12/h3-4,7H,2,5-6H2. The van der Waals surface area contributed by atoms with Crippen LogP contribution in [-0.2, 0) is 33.1 Å². The van der Waals surface area contributed by atoms with E-state index in [0.29, 0.717) is 0 Å². The molecule has 0 spiro atoms. The molecule has 118 valence electrons. The van der Waals surface area contributed by atoms with Crippen molar-refractivity contribution in [2.45, 2.75) is 18.6 Å². The first kappa shape index (κ1) is 17.4. The van der Waals surface area contributed by atoms with Crippen LogP contribution in [-0.4, -0.2) is 32.7 Å². The van der Waals surface area contributed by atoms with Crippen LogP contribution in [0.15, 0.2) is 18.7 Å². The molecule has 0 aliphatic carbocycles. The maximum atomic E-state index is 12.0. The zero-order valence-corrected chi connectivity index (χ0v) is 11.9. The fourth-order valence-electron chi connectivity index (χ4n) is 1.20. The predicted octanol–water partition coefficient (Wildman–Crippen LogP) is -0.148. The van der Waals surface area contributed by atoms with Crippen LogP contribution in [0.4, 0.5) is 13.2 Å². The Balaban J connectivity index is 2.72. The quantitative estimate of drug-likeness (QED) is 0.665. The Morgan fingerprint density at radius 2 is 1.90 bits per heavy atom. The Kier molecular flexibility index (Phi) is 4.97. The van der Waals surface area contributed by atoms with E-state index in [1.54, 1.807) is 0 Å². The van der Waals surface area contributed by atoms with E-state index in [0.717, 1.165) is 0 Å². The first-order valence-corrected chi connectivity index (χ1v) is 8.22. The lowest BCUT2D eigenvalue weighted by Crippen LogP contribution is -2.35. The molecule has 0 saturated carbocycles. The van der Waals surface area contributed by atoms with Gasteiger partial charge in [0.25, 0.3) is 0 Å². The maximum absolute atomic E-state index is 12.0. The zero-order chi connectivity index (χ0) is 16.3. The molecule has 13 heteroatoms. The van der Waals surface area contributed by atoms with Crippen LogP contribution in [0.5, 0.6) is 0 Å². The summed E-state index contributed by atoms with van der Waals surface area (Å²) in [5.74, 6) is -0.927. The van der Waals surface area contributed by atoms with Crippen LogP contribution in [0.25, 0.3) is 4.13 Å². The number of aromatic nitrogens is 2. The minimum absolute atomic E-state index is 0.00653. The average Bonchev–Trinajstić information content (AvgIpc) is 2.72. The number of hydrogen-bond acceptors (Lipinski definition) is 5. The highest BCUT2D eigenvalue weighted by Crippen LogP contribution is 2.29. The molecular formula is C8H9F3N4O4S2. The minimum Gasteiger partial charge on any atom is -0.428 e. The molecule has 0 atom stereocenters. The van der Waals surface area contributed by atoms with E-state index in [9.17, 15) is 30.0 Å². The van der Waals surface area contributed by atoms with Gasteiger partial charge in [-0.15, -0.1) is 0 Å². The average molecular weight is 346 g/mol. The molecule has 0 saturated heterocycles. The molecule has 0 aliphatic rings. The highest BCUT2D eigenvalue weighted by Gasteiger charge is 2.40. The van der Waals surface area contributed by atoms with E-state index in [1.807, 2.05) is 10.2 Å². The second-order valence-electron chi connectivity index (χ2n) is 3.76. The summed E-state index contributed by atoms with van der Waals surface area (Å²) in [6.45, 7) is -0.301. The topological polar surface area (TPSA) is 115 Å². The van der Waals surface area contributed by atoms with Crippen molar-refractivity contribution in [3.63, 3.8) is 0 Å². The molecule has 1 aromatic heterocycles. The predicted molar refractivity (Wildman–Crippen MR) is 62.4 cm³/mol. The molecule has 0 bridgehead atoms. The van der Waals surface area contributed by atoms with Gasteiger partial charge in [0.1, 0.15) is 25.0 Å². The van der Waals surface area contributed by atoms with Crippen LogP contribution in [0.1, 0.15) is 0 Å². The van der Waals surface area contributed by atoms with E-state index < -0.39 is 31.3 Å². The van der Waals surface area contributed by atoms with E-state index in [-0.39, 0.29) is 13.1 Å². The van der Waals surface area contributed by atoms with Gasteiger partial charge >= 0.3 is 5.51 Å². The summed E-state index contributed by atoms with van der Waals surface area (Å²) in [5.41, 5.74) is -5.76. The van der Waals surface area contributed by atoms with E-state index >= 15 is 0 Å². The molecule has 0 radical (unpaired) electrons. The third-order valence-corrected chi connectivity index (χ3v) is 5.09. The van der Waals surface area contributed by atoms with Gasteiger partial charge < -0.3 is 4.13 Å². The Bertz CT molecular complexity index is 745. The summed E-state index contributed by atoms with van der Waals surface area (Å²) in [5, 5.41) is 8.43. The molecule has 0 amide bonds. The molecule has 1 heterocycles. The number of alkyl halides is 3. The fourth-order valence-corrected chi connectivity index (χ4v) is 3.47. The van der Waals surface area contributed by atoms with Gasteiger partial charge in [0.05, 0.1) is 15.8 Å². The molecule has 0 N–H and O–H groups in total. The van der Waals surface area contributed by atoms with Gasteiger partial charge in [0.15, 0.2) is 16.6 Å². The molecule has 1 aromatic rings. The summed E-state index contributed by atoms with van der Waals surface area (Å²) in [6.07, 6.45) is 4.17. The number of nitrogens with zero attached hydrogens (tertiary/aromatic N) is 4. The summed E-state index contributed by atoms with van der Waals surface area (Å²) in [7, 11) is -10.9. The molecule has 8 nitrogen and oxygen atoms in total. The second kappa shape index (κ2) is 6.00. The molecule has 0 unspecified atom stereocenters.